The minimum Gasteiger partial charge on any atom is -0.349 e. The molecule has 2 aliphatic rings. The van der Waals surface area contributed by atoms with E-state index in [1.807, 2.05) is 6.92 Å². The van der Waals surface area contributed by atoms with Gasteiger partial charge in [0.2, 0.25) is 10.0 Å². The number of sulfonamides is 1. The van der Waals surface area contributed by atoms with Crippen LogP contribution in [-0.4, -0.2) is 51.2 Å². The number of carbonyl (C=O) groups is 1. The summed E-state index contributed by atoms with van der Waals surface area (Å²) in [5.74, 6) is 0.314. The molecule has 2 aliphatic carbocycles. The average molecular weight is 611 g/mol. The molecule has 2 aromatic heterocycles. The molecule has 2 heterocycles. The van der Waals surface area contributed by atoms with E-state index in [2.05, 4.69) is 10.3 Å². The first-order valence-electron chi connectivity index (χ1n) is 12.0. The summed E-state index contributed by atoms with van der Waals surface area (Å²) in [6.45, 7) is 1.82. The molecule has 0 aliphatic heterocycles. The predicted molar refractivity (Wildman–Crippen MR) is 151 cm³/mol. The highest BCUT2D eigenvalue weighted by molar-refractivity contribution is 7.93. The lowest BCUT2D eigenvalue weighted by Crippen LogP contribution is -2.39. The largest absolute Gasteiger partial charge is 0.349 e. The second kappa shape index (κ2) is 10.4. The number of hydrogen-bond donors (Lipinski definition) is 3. The van der Waals surface area contributed by atoms with Crippen LogP contribution in [0.15, 0.2) is 64.9 Å². The fraction of sp³-hybridized carbons (Fsp3) is 0.280. The normalized spacial score (nSPS) is 18.0. The van der Waals surface area contributed by atoms with Crippen molar-refractivity contribution < 1.29 is 27.6 Å². The number of nitrogens with one attached hydrogen (secondary N) is 1. The number of rotatable bonds is 8. The minimum atomic E-state index is -4.81. The van der Waals surface area contributed by atoms with Gasteiger partial charge in [-0.2, -0.15) is 0 Å². The second-order valence-electron chi connectivity index (χ2n) is 9.62. The summed E-state index contributed by atoms with van der Waals surface area (Å²) in [5.41, 5.74) is 1.98. The smallest absolute Gasteiger partial charge is 0.345 e. The lowest BCUT2D eigenvalue weighted by molar-refractivity contribution is 0.0951. The molecule has 1 saturated carbocycles. The van der Waals surface area contributed by atoms with E-state index in [4.69, 9.17) is 23.2 Å². The summed E-state index contributed by atoms with van der Waals surface area (Å²) >= 11 is 12.1. The molecule has 1 atom stereocenters. The van der Waals surface area contributed by atoms with E-state index in [0.29, 0.717) is 26.6 Å². The van der Waals surface area contributed by atoms with E-state index in [1.165, 1.54) is 18.2 Å². The number of aromatic nitrogens is 2. The molecular formula is C25H25Cl2N4O6PS. The summed E-state index contributed by atoms with van der Waals surface area (Å²) in [4.78, 5) is 36.4. The van der Waals surface area contributed by atoms with Crippen molar-refractivity contribution in [2.75, 3.05) is 10.6 Å². The molecular weight excluding hydrogens is 586 g/mol. The van der Waals surface area contributed by atoms with Crippen LogP contribution in [0.2, 0.25) is 0 Å². The van der Waals surface area contributed by atoms with Crippen molar-refractivity contribution >= 4 is 63.3 Å². The Kier molecular flexibility index (Phi) is 7.43. The van der Waals surface area contributed by atoms with E-state index in [9.17, 15) is 27.6 Å². The van der Waals surface area contributed by atoms with Crippen molar-refractivity contribution in [3.8, 4) is 5.82 Å². The molecule has 39 heavy (non-hydrogen) atoms. The Bertz CT molecular complexity index is 1690. The highest BCUT2D eigenvalue weighted by Gasteiger charge is 2.37. The van der Waals surface area contributed by atoms with E-state index in [-0.39, 0.29) is 34.1 Å². The van der Waals surface area contributed by atoms with Crippen LogP contribution in [0, 0.1) is 6.92 Å². The number of allylic oxidation sites excluding steroid dienone is 3. The molecule has 0 bridgehead atoms. The topological polar surface area (TPSA) is 142 Å². The number of benzene rings is 1. The third-order valence-electron chi connectivity index (χ3n) is 6.48. The maximum Gasteiger partial charge on any atom is 0.345 e. The molecule has 1 aromatic carbocycles. The maximum atomic E-state index is 13.6. The first-order valence-corrected chi connectivity index (χ1v) is 16.1. The molecule has 0 radical (unpaired) electrons. The molecule has 3 aromatic rings. The Balaban J connectivity index is 1.55. The fourth-order valence-electron chi connectivity index (χ4n) is 4.43. The summed E-state index contributed by atoms with van der Waals surface area (Å²) in [5, 5.41) is 2.73. The lowest BCUT2D eigenvalue weighted by atomic mass is 10.2. The number of aryl methyl sites for hydroxylation is 1. The predicted octanol–water partition coefficient (Wildman–Crippen LogP) is 4.52. The molecule has 0 spiro atoms. The molecule has 0 saturated heterocycles. The Labute approximate surface area is 235 Å². The summed E-state index contributed by atoms with van der Waals surface area (Å²) in [6.07, 6.45) is 6.88. The molecule has 1 unspecified atom stereocenters. The van der Waals surface area contributed by atoms with E-state index in [0.717, 1.165) is 18.4 Å². The number of hydrogen-bond acceptors (Lipinski definition) is 5. The second-order valence-corrected chi connectivity index (χ2v) is 14.2. The number of fused-ring (bicyclic) bond motifs is 1. The molecule has 3 N–H and O–H groups in total. The molecule has 10 nitrogen and oxygen atoms in total. The van der Waals surface area contributed by atoms with Gasteiger partial charge < -0.3 is 19.7 Å². The van der Waals surface area contributed by atoms with Crippen LogP contribution in [0.3, 0.4) is 0 Å². The van der Waals surface area contributed by atoms with Gasteiger partial charge in [0, 0.05) is 45.9 Å². The number of halogens is 2. The van der Waals surface area contributed by atoms with Crippen LogP contribution >= 0.6 is 30.8 Å². The van der Waals surface area contributed by atoms with Crippen LogP contribution in [0.5, 0.6) is 0 Å². The Morgan fingerprint density at radius 3 is 2.64 bits per heavy atom. The van der Waals surface area contributed by atoms with Gasteiger partial charge in [0.05, 0.1) is 11.2 Å². The van der Waals surface area contributed by atoms with Gasteiger partial charge >= 0.3 is 7.60 Å². The first kappa shape index (κ1) is 27.9. The van der Waals surface area contributed by atoms with Gasteiger partial charge in [0.25, 0.3) is 5.91 Å². The summed E-state index contributed by atoms with van der Waals surface area (Å²) in [6, 6.07) is 8.20. The standard InChI is InChI=1S/C25H25Cl2N4O6PS/c1-15-13-30(24-8-16(6-7-28-24)25(32)29-19-2-3-19)23-5-4-20(12-22(15)23)31(14-38(33,34)35)39(36,37)21-10-17(26)9-18(27)11-21/h4-10,12-13,19,21H,2-3,11,14H2,1H3,(H,29,32)(H2,33,34,35). The Hall–Kier alpha value is -2.66. The summed E-state index contributed by atoms with van der Waals surface area (Å²) in [7, 11) is -9.14. The van der Waals surface area contributed by atoms with Gasteiger partial charge in [0.15, 0.2) is 0 Å². The average Bonchev–Trinajstić information content (AvgIpc) is 3.62. The summed E-state index contributed by atoms with van der Waals surface area (Å²) < 4.78 is 41.8. The van der Waals surface area contributed by atoms with Crippen LogP contribution in [0.4, 0.5) is 5.69 Å². The van der Waals surface area contributed by atoms with Crippen LogP contribution in [-0.2, 0) is 14.6 Å². The molecule has 1 fully saturated rings. The van der Waals surface area contributed by atoms with E-state index >= 15 is 0 Å². The van der Waals surface area contributed by atoms with Gasteiger partial charge in [-0.25, -0.2) is 13.4 Å². The molecule has 1 amide bonds. The van der Waals surface area contributed by atoms with Crippen molar-refractivity contribution in [3.63, 3.8) is 0 Å². The SMILES string of the molecule is Cc1cn(-c2cc(C(=O)NC3CC3)ccn2)c2ccc(N(CP(=O)(O)O)S(=O)(=O)C3C=C(Cl)C=C(Cl)C3)cc12. The minimum absolute atomic E-state index is 0.0763. The van der Waals surface area contributed by atoms with Crippen molar-refractivity contribution in [1.29, 1.82) is 0 Å². The number of carbonyl (C=O) groups excluding carboxylic acids is 1. The maximum absolute atomic E-state index is 13.6. The Morgan fingerprint density at radius 2 is 1.97 bits per heavy atom. The first-order chi connectivity index (χ1) is 18.3. The number of nitrogens with zero attached hydrogens (tertiary/aromatic N) is 3. The van der Waals surface area contributed by atoms with Gasteiger partial charge in [-0.15, -0.1) is 0 Å². The van der Waals surface area contributed by atoms with Gasteiger partial charge in [-0.05, 0) is 67.8 Å². The van der Waals surface area contributed by atoms with E-state index in [1.54, 1.807) is 41.2 Å². The third kappa shape index (κ3) is 6.09. The zero-order chi connectivity index (χ0) is 28.1. The third-order valence-corrected chi connectivity index (χ3v) is 9.84. The molecule has 206 valence electrons. The van der Waals surface area contributed by atoms with Crippen LogP contribution < -0.4 is 9.62 Å². The van der Waals surface area contributed by atoms with Crippen molar-refractivity contribution in [1.82, 2.24) is 14.9 Å². The van der Waals surface area contributed by atoms with Crippen LogP contribution in [0.1, 0.15) is 35.2 Å². The van der Waals surface area contributed by atoms with Gasteiger partial charge in [0.1, 0.15) is 17.4 Å². The number of pyridine rings is 1. The van der Waals surface area contributed by atoms with E-state index < -0.39 is 29.2 Å². The van der Waals surface area contributed by atoms with Crippen molar-refractivity contribution in [3.05, 3.63) is 76.1 Å². The zero-order valence-corrected chi connectivity index (χ0v) is 23.9. The Morgan fingerprint density at radius 1 is 1.23 bits per heavy atom. The van der Waals surface area contributed by atoms with Gasteiger partial charge in [-0.3, -0.25) is 13.7 Å². The monoisotopic (exact) mass is 610 g/mol. The lowest BCUT2D eigenvalue weighted by Gasteiger charge is -2.29. The number of anilines is 1. The highest BCUT2D eigenvalue weighted by atomic mass is 35.5. The van der Waals surface area contributed by atoms with Crippen molar-refractivity contribution in [2.24, 2.45) is 0 Å². The molecule has 14 heteroatoms. The van der Waals surface area contributed by atoms with Crippen LogP contribution in [0.25, 0.3) is 16.7 Å². The molecule has 5 rings (SSSR count). The van der Waals surface area contributed by atoms with Crippen molar-refractivity contribution in [2.45, 2.75) is 37.5 Å². The quantitative estimate of drug-likeness (QED) is 0.318. The number of amides is 1. The fourth-order valence-corrected chi connectivity index (χ4v) is 8.26. The van der Waals surface area contributed by atoms with Gasteiger partial charge in [-0.1, -0.05) is 23.2 Å². The highest BCUT2D eigenvalue weighted by Crippen LogP contribution is 2.41. The zero-order valence-electron chi connectivity index (χ0n) is 20.7.